The monoisotopic (exact) mass is 691 g/mol. The maximum absolute atomic E-state index is 13.3. The molecule has 0 radical (unpaired) electrons. The maximum atomic E-state index is 13.3. The van der Waals surface area contributed by atoms with E-state index in [0.29, 0.717) is 23.0 Å². The van der Waals surface area contributed by atoms with Crippen LogP contribution in [0.5, 0.6) is 11.5 Å². The summed E-state index contributed by atoms with van der Waals surface area (Å²) in [5, 5.41) is 10.3. The maximum Gasteiger partial charge on any atom is 0.330 e. The van der Waals surface area contributed by atoms with E-state index in [9.17, 15) is 19.5 Å². The minimum Gasteiger partial charge on any atom is -0.497 e. The van der Waals surface area contributed by atoms with E-state index in [1.54, 1.807) is 39.6 Å². The zero-order chi connectivity index (χ0) is 35.8. The van der Waals surface area contributed by atoms with E-state index in [1.165, 1.54) is 10.8 Å². The van der Waals surface area contributed by atoms with Crippen molar-refractivity contribution >= 4 is 11.9 Å². The van der Waals surface area contributed by atoms with Crippen LogP contribution in [0.2, 0.25) is 0 Å². The first kappa shape index (κ1) is 33.7. The first-order chi connectivity index (χ1) is 24.7. The molecule has 13 heteroatoms. The third kappa shape index (κ3) is 5.93. The molecule has 51 heavy (non-hydrogen) atoms. The van der Waals surface area contributed by atoms with E-state index >= 15 is 0 Å². The van der Waals surface area contributed by atoms with Crippen molar-refractivity contribution in [3.8, 4) is 11.5 Å². The summed E-state index contributed by atoms with van der Waals surface area (Å²) in [6.45, 7) is 1.65. The highest BCUT2D eigenvalue weighted by Gasteiger charge is 2.66. The van der Waals surface area contributed by atoms with E-state index in [1.807, 2.05) is 83.8 Å². The minimum atomic E-state index is -1.28. The molecule has 5 aromatic rings. The number of aliphatic carboxylic acids is 1. The number of rotatable bonds is 12. The van der Waals surface area contributed by atoms with Crippen molar-refractivity contribution in [2.45, 2.75) is 36.8 Å². The van der Waals surface area contributed by atoms with Gasteiger partial charge in [-0.25, -0.2) is 14.8 Å². The van der Waals surface area contributed by atoms with Crippen LogP contribution in [-0.4, -0.2) is 69.6 Å². The summed E-state index contributed by atoms with van der Waals surface area (Å²) in [6.07, 6.45) is 3.33. The molecule has 2 fully saturated rings. The lowest BCUT2D eigenvalue weighted by atomic mass is 9.79. The second-order valence-corrected chi connectivity index (χ2v) is 12.7. The number of carboxylic acids is 1. The predicted molar refractivity (Wildman–Crippen MR) is 186 cm³/mol. The highest BCUT2D eigenvalue weighted by atomic mass is 16.6. The molecule has 3 aromatic carbocycles. The Morgan fingerprint density at radius 3 is 2.08 bits per heavy atom. The van der Waals surface area contributed by atoms with Gasteiger partial charge in [-0.15, -0.1) is 0 Å². The highest BCUT2D eigenvalue weighted by molar-refractivity contribution is 5.68. The number of carboxylic acid groups (broad SMARTS) is 1. The summed E-state index contributed by atoms with van der Waals surface area (Å²) in [5.74, 6) is -0.0586. The molecule has 2 aromatic heterocycles. The Labute approximate surface area is 293 Å². The second kappa shape index (κ2) is 13.5. The van der Waals surface area contributed by atoms with Crippen molar-refractivity contribution < 1.29 is 28.8 Å². The number of anilines is 1. The molecule has 4 heterocycles. The van der Waals surface area contributed by atoms with E-state index < -0.39 is 46.6 Å². The standard InChI is InChI=1S/C38H37N5O8/c1-24-21-42(36(47)41-33(24)46)34-32-30(20-31(44)45)37(51-34,22-43(32)35-39-18-7-19-40-35)23-50-38(25-8-5-4-6-9-25,26-10-14-28(48-2)15-11-26)27-12-16-29(49-3)17-13-27/h4-19,21,30,32,34H,20,22-23H2,1-3H3,(H,44,45)(H,41,46,47)/t30-,32+,34+,37+/m0/s1. The summed E-state index contributed by atoms with van der Waals surface area (Å²) in [6, 6.07) is 25.9. The number of methoxy groups -OCH3 is 2. The number of aromatic amines is 1. The number of benzene rings is 3. The van der Waals surface area contributed by atoms with Gasteiger partial charge in [0.2, 0.25) is 5.95 Å². The molecular weight excluding hydrogens is 654 g/mol. The van der Waals surface area contributed by atoms with Crippen molar-refractivity contribution in [2.75, 3.05) is 32.3 Å². The number of carbonyl (C=O) groups is 1. The third-order valence-electron chi connectivity index (χ3n) is 9.86. The zero-order valence-electron chi connectivity index (χ0n) is 28.3. The van der Waals surface area contributed by atoms with Crippen molar-refractivity contribution in [3.05, 3.63) is 147 Å². The van der Waals surface area contributed by atoms with Crippen LogP contribution in [0.25, 0.3) is 0 Å². The average Bonchev–Trinajstić information content (AvgIpc) is 3.62. The zero-order valence-corrected chi connectivity index (χ0v) is 28.3. The van der Waals surface area contributed by atoms with Gasteiger partial charge in [0.15, 0.2) is 6.23 Å². The highest BCUT2D eigenvalue weighted by Crippen LogP contribution is 2.54. The number of ether oxygens (including phenoxy) is 4. The topological polar surface area (TPSA) is 158 Å². The van der Waals surface area contributed by atoms with Gasteiger partial charge in [-0.05, 0) is 53.9 Å². The summed E-state index contributed by atoms with van der Waals surface area (Å²) in [7, 11) is 3.20. The van der Waals surface area contributed by atoms with Gasteiger partial charge < -0.3 is 29.0 Å². The predicted octanol–water partition coefficient (Wildman–Crippen LogP) is 3.91. The molecule has 4 atom stereocenters. The molecule has 0 amide bonds. The number of hydrogen-bond acceptors (Lipinski definition) is 10. The summed E-state index contributed by atoms with van der Waals surface area (Å²) >= 11 is 0. The van der Waals surface area contributed by atoms with Crippen LogP contribution in [0, 0.1) is 12.8 Å². The number of aryl methyl sites for hydroxylation is 1. The number of morpholine rings is 1. The molecule has 2 aliphatic rings. The first-order valence-corrected chi connectivity index (χ1v) is 16.4. The summed E-state index contributed by atoms with van der Waals surface area (Å²) in [4.78, 5) is 51.5. The molecule has 0 saturated carbocycles. The SMILES string of the molecule is COc1ccc(C(OC[C@@]23CN(c4ncccn4)[C@@H]([C@H](n4cc(C)c(=O)[nH]c4=O)O2)[C@@H]3CC(=O)O)(c2ccccc2)c2ccc(OC)cc2)cc1. The van der Waals surface area contributed by atoms with Gasteiger partial charge in [0.05, 0.1) is 39.8 Å². The van der Waals surface area contributed by atoms with Gasteiger partial charge >= 0.3 is 11.7 Å². The molecule has 262 valence electrons. The van der Waals surface area contributed by atoms with Gasteiger partial charge in [-0.1, -0.05) is 54.6 Å². The molecule has 2 saturated heterocycles. The third-order valence-corrected chi connectivity index (χ3v) is 9.86. The van der Waals surface area contributed by atoms with Crippen molar-refractivity contribution in [3.63, 3.8) is 0 Å². The smallest absolute Gasteiger partial charge is 0.330 e. The molecule has 2 aliphatic heterocycles. The van der Waals surface area contributed by atoms with Gasteiger partial charge in [-0.2, -0.15) is 0 Å². The van der Waals surface area contributed by atoms with Gasteiger partial charge in [0, 0.05) is 30.1 Å². The lowest BCUT2D eigenvalue weighted by Crippen LogP contribution is -2.52. The number of nitrogens with one attached hydrogen (secondary N) is 1. The van der Waals surface area contributed by atoms with Crippen LogP contribution < -0.4 is 25.6 Å². The summed E-state index contributed by atoms with van der Waals surface area (Å²) in [5.41, 5.74) is -1.04. The lowest BCUT2D eigenvalue weighted by Gasteiger charge is -2.42. The Morgan fingerprint density at radius 1 is 0.922 bits per heavy atom. The summed E-state index contributed by atoms with van der Waals surface area (Å²) < 4.78 is 26.4. The van der Waals surface area contributed by atoms with E-state index in [4.69, 9.17) is 18.9 Å². The normalized spacial score (nSPS) is 21.1. The molecule has 0 unspecified atom stereocenters. The number of aromatic nitrogens is 4. The van der Waals surface area contributed by atoms with Crippen molar-refractivity contribution in [2.24, 2.45) is 5.92 Å². The van der Waals surface area contributed by atoms with Crippen LogP contribution >= 0.6 is 0 Å². The van der Waals surface area contributed by atoms with Crippen LogP contribution in [0.4, 0.5) is 5.95 Å². The molecular formula is C38H37N5O8. The lowest BCUT2D eigenvalue weighted by molar-refractivity contribution is -0.156. The van der Waals surface area contributed by atoms with E-state index in [0.717, 1.165) is 16.7 Å². The molecule has 7 rings (SSSR count). The molecule has 0 aliphatic carbocycles. The number of nitrogens with zero attached hydrogens (tertiary/aromatic N) is 4. The van der Waals surface area contributed by atoms with Crippen molar-refractivity contribution in [1.29, 1.82) is 0 Å². The first-order valence-electron chi connectivity index (χ1n) is 16.4. The molecule has 2 N–H and O–H groups in total. The second-order valence-electron chi connectivity index (χ2n) is 12.7. The van der Waals surface area contributed by atoms with Crippen LogP contribution in [0.1, 0.15) is 34.9 Å². The van der Waals surface area contributed by atoms with Gasteiger partial charge in [-0.3, -0.25) is 19.1 Å². The fourth-order valence-electron chi connectivity index (χ4n) is 7.45. The van der Waals surface area contributed by atoms with Crippen LogP contribution in [0.3, 0.4) is 0 Å². The Bertz CT molecular complexity index is 2080. The number of hydrogen-bond donors (Lipinski definition) is 2. The molecule has 0 spiro atoms. The Morgan fingerprint density at radius 2 is 1.51 bits per heavy atom. The fourth-order valence-corrected chi connectivity index (χ4v) is 7.45. The Balaban J connectivity index is 1.41. The van der Waals surface area contributed by atoms with Crippen LogP contribution in [-0.2, 0) is 19.9 Å². The minimum absolute atomic E-state index is 0.106. The fraction of sp³-hybridized carbons (Fsp3) is 0.289. The van der Waals surface area contributed by atoms with Gasteiger partial charge in [0.1, 0.15) is 22.7 Å². The average molecular weight is 692 g/mol. The van der Waals surface area contributed by atoms with Gasteiger partial charge in [0.25, 0.3) is 5.56 Å². The Kier molecular flexibility index (Phi) is 8.92. The quantitative estimate of drug-likeness (QED) is 0.183. The largest absolute Gasteiger partial charge is 0.497 e. The number of fused-ring (bicyclic) bond motifs is 2. The molecule has 13 nitrogen and oxygen atoms in total. The van der Waals surface area contributed by atoms with E-state index in [2.05, 4.69) is 15.0 Å². The number of H-pyrrole nitrogens is 1. The molecule has 2 bridgehead atoms. The van der Waals surface area contributed by atoms with Crippen molar-refractivity contribution in [1.82, 2.24) is 19.5 Å². The van der Waals surface area contributed by atoms with E-state index in [-0.39, 0.29) is 19.6 Å². The Hall–Kier alpha value is -5.79. The van der Waals surface area contributed by atoms with Crippen LogP contribution in [0.15, 0.2) is 113 Å².